The number of alkyl halides is 3. The highest BCUT2D eigenvalue weighted by molar-refractivity contribution is 9.10. The maximum atomic E-state index is 12.9. The summed E-state index contributed by atoms with van der Waals surface area (Å²) in [5.74, 6) is -0.580. The first-order valence-corrected chi connectivity index (χ1v) is 7.40. The molecule has 0 atom stereocenters. The van der Waals surface area contributed by atoms with E-state index >= 15 is 0 Å². The lowest BCUT2D eigenvalue weighted by Crippen LogP contribution is -2.14. The largest absolute Gasteiger partial charge is 0.417 e. The van der Waals surface area contributed by atoms with E-state index in [1.54, 1.807) is 12.1 Å². The summed E-state index contributed by atoms with van der Waals surface area (Å²) >= 11 is 9.90. The van der Waals surface area contributed by atoms with E-state index in [0.29, 0.717) is 9.21 Å². The monoisotopic (exact) mass is 382 g/mol. The lowest BCUT2D eigenvalue weighted by atomic mass is 10.0. The third-order valence-corrected chi connectivity index (χ3v) is 4.28. The molecule has 0 aliphatic carbocycles. The van der Waals surface area contributed by atoms with Crippen molar-refractivity contribution in [2.45, 2.75) is 12.6 Å². The Morgan fingerprint density at radius 1 is 1.25 bits per heavy atom. The van der Waals surface area contributed by atoms with E-state index in [9.17, 15) is 18.0 Å². The summed E-state index contributed by atoms with van der Waals surface area (Å²) in [5.41, 5.74) is -1.26. The predicted octanol–water partition coefficient (Wildman–Crippen LogP) is 5.61. The zero-order valence-corrected chi connectivity index (χ0v) is 13.0. The highest BCUT2D eigenvalue weighted by atomic mass is 79.9. The number of ketones is 1. The van der Waals surface area contributed by atoms with Gasteiger partial charge in [0.2, 0.25) is 0 Å². The van der Waals surface area contributed by atoms with Crippen LogP contribution in [0.2, 0.25) is 4.34 Å². The zero-order valence-electron chi connectivity index (χ0n) is 9.80. The molecule has 1 aromatic carbocycles. The molecule has 0 spiro atoms. The van der Waals surface area contributed by atoms with Crippen LogP contribution in [0.3, 0.4) is 0 Å². The molecular weight excluding hydrogens is 377 g/mol. The predicted molar refractivity (Wildman–Crippen MR) is 76.5 cm³/mol. The minimum absolute atomic E-state index is 0.0951. The number of Topliss-reactive ketones (excluding diaryl/α,β-unsaturated/α-hetero) is 1. The van der Waals surface area contributed by atoms with Crippen LogP contribution in [0, 0.1) is 0 Å². The van der Waals surface area contributed by atoms with Gasteiger partial charge in [-0.15, -0.1) is 11.3 Å². The van der Waals surface area contributed by atoms with Gasteiger partial charge in [-0.3, -0.25) is 4.79 Å². The second kappa shape index (κ2) is 5.87. The Morgan fingerprint density at radius 2 is 1.95 bits per heavy atom. The topological polar surface area (TPSA) is 17.1 Å². The van der Waals surface area contributed by atoms with E-state index in [4.69, 9.17) is 11.6 Å². The fourth-order valence-corrected chi connectivity index (χ4v) is 3.14. The summed E-state index contributed by atoms with van der Waals surface area (Å²) in [7, 11) is 0. The standard InChI is InChI=1S/C13H7BrClF3OS/c14-7-1-3-9(10(5-7)13(16,17)18)11(19)6-8-2-4-12(15)20-8/h1-5H,6H2. The van der Waals surface area contributed by atoms with Gasteiger partial charge in [-0.1, -0.05) is 27.5 Å². The molecule has 0 aliphatic heterocycles. The highest BCUT2D eigenvalue weighted by Gasteiger charge is 2.35. The molecule has 0 bridgehead atoms. The molecule has 0 aliphatic rings. The van der Waals surface area contributed by atoms with E-state index in [1.165, 1.54) is 23.5 Å². The van der Waals surface area contributed by atoms with Crippen molar-refractivity contribution in [1.82, 2.24) is 0 Å². The fraction of sp³-hybridized carbons (Fsp3) is 0.154. The number of hydrogen-bond donors (Lipinski definition) is 0. The minimum atomic E-state index is -4.57. The van der Waals surface area contributed by atoms with E-state index in [0.717, 1.165) is 6.07 Å². The van der Waals surface area contributed by atoms with Crippen LogP contribution in [0.1, 0.15) is 20.8 Å². The Kier molecular flexibility index (Phi) is 4.56. The molecule has 0 N–H and O–H groups in total. The molecule has 0 amide bonds. The molecule has 1 nitrogen and oxygen atoms in total. The minimum Gasteiger partial charge on any atom is -0.294 e. The van der Waals surface area contributed by atoms with Gasteiger partial charge in [0.1, 0.15) is 0 Å². The molecule has 1 aromatic heterocycles. The molecule has 0 radical (unpaired) electrons. The SMILES string of the molecule is O=C(Cc1ccc(Cl)s1)c1ccc(Br)cc1C(F)(F)F. The van der Waals surface area contributed by atoms with Crippen molar-refractivity contribution >= 4 is 44.7 Å². The Balaban J connectivity index is 2.34. The molecule has 2 rings (SSSR count). The van der Waals surface area contributed by atoms with Crippen LogP contribution in [-0.4, -0.2) is 5.78 Å². The van der Waals surface area contributed by atoms with Gasteiger partial charge < -0.3 is 0 Å². The van der Waals surface area contributed by atoms with Gasteiger partial charge in [0.05, 0.1) is 9.90 Å². The van der Waals surface area contributed by atoms with Gasteiger partial charge in [0, 0.05) is 21.3 Å². The number of carbonyl (C=O) groups excluding carboxylic acids is 1. The summed E-state index contributed by atoms with van der Waals surface area (Å²) in [6, 6.07) is 6.76. The zero-order chi connectivity index (χ0) is 14.9. The van der Waals surface area contributed by atoms with Gasteiger partial charge >= 0.3 is 6.18 Å². The molecule has 0 unspecified atom stereocenters. The summed E-state index contributed by atoms with van der Waals surface area (Å²) in [5, 5.41) is 0. The normalized spacial score (nSPS) is 11.7. The molecule has 0 saturated heterocycles. The van der Waals surface area contributed by atoms with Crippen molar-refractivity contribution in [3.8, 4) is 0 Å². The van der Waals surface area contributed by atoms with Gasteiger partial charge in [-0.05, 0) is 30.3 Å². The van der Waals surface area contributed by atoms with Crippen LogP contribution >= 0.6 is 38.9 Å². The van der Waals surface area contributed by atoms with Crippen LogP contribution in [0.25, 0.3) is 0 Å². The number of thiophene rings is 1. The lowest BCUT2D eigenvalue weighted by molar-refractivity contribution is -0.137. The van der Waals surface area contributed by atoms with E-state index in [-0.39, 0.29) is 16.5 Å². The van der Waals surface area contributed by atoms with Gasteiger partial charge in [0.15, 0.2) is 5.78 Å². The van der Waals surface area contributed by atoms with Crippen molar-refractivity contribution in [3.63, 3.8) is 0 Å². The average molecular weight is 384 g/mol. The highest BCUT2D eigenvalue weighted by Crippen LogP contribution is 2.34. The second-order valence-corrected chi connectivity index (χ2v) is 6.71. The van der Waals surface area contributed by atoms with Crippen LogP contribution in [0.4, 0.5) is 13.2 Å². The van der Waals surface area contributed by atoms with E-state index in [2.05, 4.69) is 15.9 Å². The Labute approximate surface area is 130 Å². The second-order valence-electron chi connectivity index (χ2n) is 3.99. The Hall–Kier alpha value is -0.850. The maximum absolute atomic E-state index is 12.9. The van der Waals surface area contributed by atoms with Crippen LogP contribution in [0.15, 0.2) is 34.8 Å². The van der Waals surface area contributed by atoms with Crippen LogP contribution in [-0.2, 0) is 12.6 Å². The number of benzene rings is 1. The van der Waals surface area contributed by atoms with Gasteiger partial charge in [-0.25, -0.2) is 0 Å². The molecular formula is C13H7BrClF3OS. The molecule has 0 fully saturated rings. The lowest BCUT2D eigenvalue weighted by Gasteiger charge is -2.12. The number of rotatable bonds is 3. The first kappa shape index (κ1) is 15.5. The summed E-state index contributed by atoms with van der Waals surface area (Å²) in [6.07, 6.45) is -4.66. The van der Waals surface area contributed by atoms with Crippen molar-refractivity contribution in [2.24, 2.45) is 0 Å². The first-order chi connectivity index (χ1) is 9.27. The maximum Gasteiger partial charge on any atom is 0.417 e. The van der Waals surface area contributed by atoms with Crippen molar-refractivity contribution in [3.05, 3.63) is 55.1 Å². The number of carbonyl (C=O) groups is 1. The third-order valence-electron chi connectivity index (χ3n) is 2.55. The summed E-state index contributed by atoms with van der Waals surface area (Å²) < 4.78 is 39.6. The molecule has 1 heterocycles. The molecule has 7 heteroatoms. The number of halogens is 5. The van der Waals surface area contributed by atoms with Crippen molar-refractivity contribution in [2.75, 3.05) is 0 Å². The number of hydrogen-bond acceptors (Lipinski definition) is 2. The fourth-order valence-electron chi connectivity index (χ4n) is 1.69. The van der Waals surface area contributed by atoms with E-state index < -0.39 is 17.5 Å². The van der Waals surface area contributed by atoms with Gasteiger partial charge in [-0.2, -0.15) is 13.2 Å². The smallest absolute Gasteiger partial charge is 0.294 e. The Bertz CT molecular complexity index is 651. The molecule has 20 heavy (non-hydrogen) atoms. The quantitative estimate of drug-likeness (QED) is 0.630. The molecule has 106 valence electrons. The summed E-state index contributed by atoms with van der Waals surface area (Å²) in [6.45, 7) is 0. The van der Waals surface area contributed by atoms with Crippen LogP contribution < -0.4 is 0 Å². The van der Waals surface area contributed by atoms with Crippen molar-refractivity contribution < 1.29 is 18.0 Å². The molecule has 0 saturated carbocycles. The van der Waals surface area contributed by atoms with Crippen LogP contribution in [0.5, 0.6) is 0 Å². The van der Waals surface area contributed by atoms with Crippen molar-refractivity contribution in [1.29, 1.82) is 0 Å². The summed E-state index contributed by atoms with van der Waals surface area (Å²) in [4.78, 5) is 12.7. The molecule has 2 aromatic rings. The third kappa shape index (κ3) is 3.62. The average Bonchev–Trinajstić information content (AvgIpc) is 2.73. The van der Waals surface area contributed by atoms with E-state index in [1.807, 2.05) is 0 Å². The first-order valence-electron chi connectivity index (χ1n) is 5.41. The van der Waals surface area contributed by atoms with Gasteiger partial charge in [0.25, 0.3) is 0 Å². The Morgan fingerprint density at radius 3 is 2.50 bits per heavy atom.